The molecule has 0 aliphatic rings. The van der Waals surface area contributed by atoms with Crippen molar-refractivity contribution in [2.45, 2.75) is 13.3 Å². The first-order valence-corrected chi connectivity index (χ1v) is 6.47. The Hall–Kier alpha value is -1.45. The van der Waals surface area contributed by atoms with E-state index in [0.717, 1.165) is 16.8 Å². The van der Waals surface area contributed by atoms with Crippen LogP contribution in [0, 0.1) is 6.92 Å². The maximum Gasteiger partial charge on any atom is 0.339 e. The number of hydrogen-bond donors (Lipinski definition) is 1. The summed E-state index contributed by atoms with van der Waals surface area (Å²) in [7, 11) is 1.37. The van der Waals surface area contributed by atoms with Gasteiger partial charge in [-0.25, -0.2) is 4.79 Å². The minimum Gasteiger partial charge on any atom is -0.465 e. The summed E-state index contributed by atoms with van der Waals surface area (Å²) in [6.07, 6.45) is 2.40. The molecule has 0 saturated heterocycles. The van der Waals surface area contributed by atoms with Gasteiger partial charge in [0.25, 0.3) is 0 Å². The molecule has 1 aromatic heterocycles. The quantitative estimate of drug-likeness (QED) is 0.870. The molecule has 1 N–H and O–H groups in total. The van der Waals surface area contributed by atoms with E-state index in [-0.39, 0.29) is 5.97 Å². The van der Waals surface area contributed by atoms with E-state index in [2.05, 4.69) is 4.98 Å². The fourth-order valence-electron chi connectivity index (χ4n) is 1.98. The lowest BCUT2D eigenvalue weighted by Gasteiger charge is -2.05. The molecule has 2 rings (SSSR count). The summed E-state index contributed by atoms with van der Waals surface area (Å²) in [5.41, 5.74) is 3.23. The first-order valence-electron chi connectivity index (χ1n) is 5.72. The average molecular weight is 298 g/mol. The number of aryl methyl sites for hydroxylation is 1. The zero-order valence-electron chi connectivity index (χ0n) is 10.6. The minimum absolute atomic E-state index is 0.339. The summed E-state index contributed by atoms with van der Waals surface area (Å²) >= 11 is 11.9. The van der Waals surface area contributed by atoms with Gasteiger partial charge in [0, 0.05) is 11.9 Å². The molecule has 0 atom stereocenters. The number of carbonyl (C=O) groups is 1. The monoisotopic (exact) mass is 297 g/mol. The Bertz CT molecular complexity index is 620. The van der Waals surface area contributed by atoms with Gasteiger partial charge in [-0.15, -0.1) is 0 Å². The molecule has 0 spiro atoms. The van der Waals surface area contributed by atoms with Gasteiger partial charge >= 0.3 is 5.97 Å². The van der Waals surface area contributed by atoms with Crippen LogP contribution in [0.3, 0.4) is 0 Å². The number of rotatable bonds is 3. The number of H-pyrrole nitrogens is 1. The van der Waals surface area contributed by atoms with Crippen molar-refractivity contribution in [1.82, 2.24) is 4.98 Å². The maximum absolute atomic E-state index is 11.7. The standard InChI is InChI=1S/C14H13Cl2NO2/c1-8-13(14(18)19-2)10(7-17-8)5-9-3-4-11(15)12(16)6-9/h3-4,6-7,17H,5H2,1-2H3. The lowest BCUT2D eigenvalue weighted by molar-refractivity contribution is 0.0599. The van der Waals surface area contributed by atoms with Crippen LogP contribution in [0.15, 0.2) is 24.4 Å². The molecule has 1 heterocycles. The largest absolute Gasteiger partial charge is 0.465 e. The van der Waals surface area contributed by atoms with Crippen LogP contribution in [0.2, 0.25) is 10.0 Å². The lowest BCUT2D eigenvalue weighted by atomic mass is 10.0. The van der Waals surface area contributed by atoms with Crippen molar-refractivity contribution in [2.75, 3.05) is 7.11 Å². The smallest absolute Gasteiger partial charge is 0.339 e. The molecular weight excluding hydrogens is 285 g/mol. The molecule has 100 valence electrons. The topological polar surface area (TPSA) is 42.1 Å². The van der Waals surface area contributed by atoms with Crippen molar-refractivity contribution in [3.8, 4) is 0 Å². The Morgan fingerprint density at radius 1 is 1.32 bits per heavy atom. The van der Waals surface area contributed by atoms with Crippen LogP contribution in [0.5, 0.6) is 0 Å². The summed E-state index contributed by atoms with van der Waals surface area (Å²) in [5.74, 6) is -0.339. The predicted molar refractivity (Wildman–Crippen MR) is 76.1 cm³/mol. The van der Waals surface area contributed by atoms with Gasteiger partial charge in [-0.1, -0.05) is 29.3 Å². The number of ether oxygens (including phenoxy) is 1. The highest BCUT2D eigenvalue weighted by Crippen LogP contribution is 2.25. The van der Waals surface area contributed by atoms with Gasteiger partial charge in [-0.3, -0.25) is 0 Å². The summed E-state index contributed by atoms with van der Waals surface area (Å²) in [6, 6.07) is 5.43. The molecule has 0 aliphatic carbocycles. The maximum atomic E-state index is 11.7. The van der Waals surface area contributed by atoms with Crippen LogP contribution in [0.25, 0.3) is 0 Å². The molecule has 19 heavy (non-hydrogen) atoms. The van der Waals surface area contributed by atoms with Gasteiger partial charge in [0.2, 0.25) is 0 Å². The van der Waals surface area contributed by atoms with Gasteiger partial charge in [0.05, 0.1) is 22.7 Å². The van der Waals surface area contributed by atoms with Crippen LogP contribution >= 0.6 is 23.2 Å². The van der Waals surface area contributed by atoms with Crippen LogP contribution in [0.4, 0.5) is 0 Å². The highest BCUT2D eigenvalue weighted by atomic mass is 35.5. The number of methoxy groups -OCH3 is 1. The zero-order chi connectivity index (χ0) is 14.0. The van der Waals surface area contributed by atoms with Gasteiger partial charge in [-0.2, -0.15) is 0 Å². The summed E-state index contributed by atoms with van der Waals surface area (Å²) in [4.78, 5) is 14.8. The zero-order valence-corrected chi connectivity index (χ0v) is 12.1. The fraction of sp³-hybridized carbons (Fsp3) is 0.214. The second-order valence-corrected chi connectivity index (χ2v) is 5.05. The molecule has 0 bridgehead atoms. The Morgan fingerprint density at radius 3 is 2.68 bits per heavy atom. The van der Waals surface area contributed by atoms with Crippen LogP contribution in [0.1, 0.15) is 27.2 Å². The van der Waals surface area contributed by atoms with Crippen molar-refractivity contribution in [1.29, 1.82) is 0 Å². The minimum atomic E-state index is -0.339. The number of halogens is 2. The van der Waals surface area contributed by atoms with Crippen LogP contribution < -0.4 is 0 Å². The number of aromatic nitrogens is 1. The highest BCUT2D eigenvalue weighted by Gasteiger charge is 2.17. The highest BCUT2D eigenvalue weighted by molar-refractivity contribution is 6.42. The van der Waals surface area contributed by atoms with Crippen LogP contribution in [-0.2, 0) is 11.2 Å². The molecule has 2 aromatic rings. The summed E-state index contributed by atoms with van der Waals surface area (Å²) < 4.78 is 4.79. The Labute approximate surface area is 121 Å². The van der Waals surface area contributed by atoms with Gasteiger partial charge < -0.3 is 9.72 Å². The lowest BCUT2D eigenvalue weighted by Crippen LogP contribution is -2.05. The summed E-state index contributed by atoms with van der Waals surface area (Å²) in [6.45, 7) is 1.84. The number of carbonyl (C=O) groups excluding carboxylic acids is 1. The third-order valence-electron chi connectivity index (χ3n) is 2.93. The van der Waals surface area contributed by atoms with Gasteiger partial charge in [-0.05, 0) is 36.6 Å². The van der Waals surface area contributed by atoms with E-state index in [1.807, 2.05) is 19.2 Å². The number of nitrogens with one attached hydrogen (secondary N) is 1. The van der Waals surface area contributed by atoms with E-state index in [9.17, 15) is 4.79 Å². The van der Waals surface area contributed by atoms with Crippen LogP contribution in [-0.4, -0.2) is 18.1 Å². The summed E-state index contributed by atoms with van der Waals surface area (Å²) in [5, 5.41) is 1.02. The number of hydrogen-bond acceptors (Lipinski definition) is 2. The first-order chi connectivity index (χ1) is 9.02. The third kappa shape index (κ3) is 2.94. The van der Waals surface area contributed by atoms with Crippen molar-refractivity contribution in [3.05, 3.63) is 56.8 Å². The number of esters is 1. The van der Waals surface area contributed by atoms with E-state index in [1.54, 1.807) is 12.1 Å². The van der Waals surface area contributed by atoms with E-state index >= 15 is 0 Å². The Kier molecular flexibility index (Phi) is 4.17. The SMILES string of the molecule is COC(=O)c1c(Cc2ccc(Cl)c(Cl)c2)c[nH]c1C. The third-order valence-corrected chi connectivity index (χ3v) is 3.67. The first kappa shape index (κ1) is 14.0. The Morgan fingerprint density at radius 2 is 2.05 bits per heavy atom. The van der Waals surface area contributed by atoms with E-state index < -0.39 is 0 Å². The molecule has 0 amide bonds. The molecule has 0 aliphatic heterocycles. The normalized spacial score (nSPS) is 10.5. The van der Waals surface area contributed by atoms with Gasteiger partial charge in [0.15, 0.2) is 0 Å². The van der Waals surface area contributed by atoms with E-state index in [0.29, 0.717) is 22.0 Å². The van der Waals surface area contributed by atoms with Crippen molar-refractivity contribution >= 4 is 29.2 Å². The van der Waals surface area contributed by atoms with Crippen molar-refractivity contribution in [2.24, 2.45) is 0 Å². The molecule has 3 nitrogen and oxygen atoms in total. The number of aromatic amines is 1. The van der Waals surface area contributed by atoms with Gasteiger partial charge in [0.1, 0.15) is 0 Å². The molecule has 0 fully saturated rings. The molecule has 5 heteroatoms. The Balaban J connectivity index is 2.33. The molecule has 0 saturated carbocycles. The number of benzene rings is 1. The second kappa shape index (κ2) is 5.68. The van der Waals surface area contributed by atoms with E-state index in [1.165, 1.54) is 7.11 Å². The molecule has 0 radical (unpaired) electrons. The average Bonchev–Trinajstić information content (AvgIpc) is 2.74. The fourth-order valence-corrected chi connectivity index (χ4v) is 2.30. The molecule has 0 unspecified atom stereocenters. The predicted octanol–water partition coefficient (Wildman–Crippen LogP) is 4.01. The molecular formula is C14H13Cl2NO2. The van der Waals surface area contributed by atoms with Crippen molar-refractivity contribution in [3.63, 3.8) is 0 Å². The van der Waals surface area contributed by atoms with Crippen molar-refractivity contribution < 1.29 is 9.53 Å². The molecule has 1 aromatic carbocycles. The second-order valence-electron chi connectivity index (χ2n) is 4.23. The van der Waals surface area contributed by atoms with E-state index in [4.69, 9.17) is 27.9 Å².